The van der Waals surface area contributed by atoms with Crippen molar-refractivity contribution >= 4 is 17.6 Å². The summed E-state index contributed by atoms with van der Waals surface area (Å²) in [6, 6.07) is 12.6. The lowest BCUT2D eigenvalue weighted by Crippen LogP contribution is -2.20. The van der Waals surface area contributed by atoms with E-state index in [-0.39, 0.29) is 5.92 Å². The highest BCUT2D eigenvalue weighted by atomic mass is 32.1. The maximum atomic E-state index is 11.3. The molecule has 2 nitrogen and oxygen atoms in total. The zero-order valence-electron chi connectivity index (χ0n) is 10.7. The van der Waals surface area contributed by atoms with Crippen LogP contribution in [-0.4, -0.2) is 24.3 Å². The standard InChI is InChI=1S/C16H17NOS/c18-11-15-9-17(8-13-4-2-1-3-5-13)10-16(15)14-6-7-19-12-14/h1-7,11-12,15-16H,8-10H2/t15-,16-/m1/s1. The van der Waals surface area contributed by atoms with E-state index in [2.05, 4.69) is 46.0 Å². The van der Waals surface area contributed by atoms with Gasteiger partial charge in [0.15, 0.2) is 0 Å². The summed E-state index contributed by atoms with van der Waals surface area (Å²) in [7, 11) is 0. The number of thiophene rings is 1. The molecule has 19 heavy (non-hydrogen) atoms. The van der Waals surface area contributed by atoms with Gasteiger partial charge in [-0.1, -0.05) is 30.3 Å². The van der Waals surface area contributed by atoms with Crippen LogP contribution in [0.25, 0.3) is 0 Å². The molecule has 2 aromatic rings. The van der Waals surface area contributed by atoms with Crippen LogP contribution in [0.3, 0.4) is 0 Å². The van der Waals surface area contributed by atoms with Crippen molar-refractivity contribution in [1.29, 1.82) is 0 Å². The molecule has 2 atom stereocenters. The van der Waals surface area contributed by atoms with Crippen LogP contribution in [0.15, 0.2) is 47.2 Å². The van der Waals surface area contributed by atoms with Gasteiger partial charge in [0, 0.05) is 31.5 Å². The lowest BCUT2D eigenvalue weighted by molar-refractivity contribution is -0.111. The average molecular weight is 271 g/mol. The maximum absolute atomic E-state index is 11.3. The predicted molar refractivity (Wildman–Crippen MR) is 78.3 cm³/mol. The largest absolute Gasteiger partial charge is 0.303 e. The third-order valence-corrected chi connectivity index (χ3v) is 4.54. The van der Waals surface area contributed by atoms with E-state index in [4.69, 9.17) is 0 Å². The third kappa shape index (κ3) is 2.77. The van der Waals surface area contributed by atoms with E-state index in [9.17, 15) is 4.79 Å². The molecule has 0 N–H and O–H groups in total. The van der Waals surface area contributed by atoms with Gasteiger partial charge in [-0.15, -0.1) is 0 Å². The van der Waals surface area contributed by atoms with Gasteiger partial charge in [0.25, 0.3) is 0 Å². The summed E-state index contributed by atoms with van der Waals surface area (Å²) in [6.45, 7) is 2.79. The Morgan fingerprint density at radius 2 is 2.05 bits per heavy atom. The van der Waals surface area contributed by atoms with Gasteiger partial charge in [-0.3, -0.25) is 4.90 Å². The highest BCUT2D eigenvalue weighted by Gasteiger charge is 2.33. The van der Waals surface area contributed by atoms with Gasteiger partial charge >= 0.3 is 0 Å². The van der Waals surface area contributed by atoms with E-state index in [1.807, 2.05) is 6.07 Å². The summed E-state index contributed by atoms with van der Waals surface area (Å²) in [5.41, 5.74) is 2.63. The van der Waals surface area contributed by atoms with Crippen LogP contribution in [0.5, 0.6) is 0 Å². The van der Waals surface area contributed by atoms with Crippen molar-refractivity contribution in [2.24, 2.45) is 5.92 Å². The van der Waals surface area contributed by atoms with Crippen LogP contribution in [0.2, 0.25) is 0 Å². The Morgan fingerprint density at radius 1 is 1.21 bits per heavy atom. The minimum atomic E-state index is 0.137. The number of aldehydes is 1. The SMILES string of the molecule is O=C[C@H]1CN(Cc2ccccc2)C[C@@H]1c1ccsc1. The zero-order chi connectivity index (χ0) is 13.1. The second-order valence-corrected chi connectivity index (χ2v) is 5.92. The molecule has 3 rings (SSSR count). The van der Waals surface area contributed by atoms with Gasteiger partial charge in [-0.25, -0.2) is 0 Å². The van der Waals surface area contributed by atoms with Crippen LogP contribution in [0.1, 0.15) is 17.0 Å². The summed E-state index contributed by atoms with van der Waals surface area (Å²) in [6.07, 6.45) is 1.13. The second-order valence-electron chi connectivity index (χ2n) is 5.14. The van der Waals surface area contributed by atoms with Gasteiger partial charge in [0.2, 0.25) is 0 Å². The molecule has 0 saturated carbocycles. The number of nitrogens with zero attached hydrogens (tertiary/aromatic N) is 1. The van der Waals surface area contributed by atoms with Gasteiger partial charge in [-0.2, -0.15) is 11.3 Å². The zero-order valence-corrected chi connectivity index (χ0v) is 11.6. The van der Waals surface area contributed by atoms with Crippen LogP contribution in [-0.2, 0) is 11.3 Å². The number of rotatable bonds is 4. The smallest absolute Gasteiger partial charge is 0.125 e. The molecule has 1 aliphatic rings. The minimum Gasteiger partial charge on any atom is -0.303 e. The van der Waals surface area contributed by atoms with Crippen LogP contribution >= 0.6 is 11.3 Å². The van der Waals surface area contributed by atoms with Crippen molar-refractivity contribution < 1.29 is 4.79 Å². The van der Waals surface area contributed by atoms with Crippen LogP contribution < -0.4 is 0 Å². The van der Waals surface area contributed by atoms with Gasteiger partial charge in [0.05, 0.1) is 0 Å². The molecule has 1 fully saturated rings. The lowest BCUT2D eigenvalue weighted by atomic mass is 9.92. The quantitative estimate of drug-likeness (QED) is 0.796. The fourth-order valence-corrected chi connectivity index (χ4v) is 3.59. The lowest BCUT2D eigenvalue weighted by Gasteiger charge is -2.15. The number of benzene rings is 1. The molecule has 1 aromatic heterocycles. The van der Waals surface area contributed by atoms with Crippen molar-refractivity contribution in [3.8, 4) is 0 Å². The molecule has 1 aromatic carbocycles. The Morgan fingerprint density at radius 3 is 2.74 bits per heavy atom. The summed E-state index contributed by atoms with van der Waals surface area (Å²) in [4.78, 5) is 13.7. The number of likely N-dealkylation sites (tertiary alicyclic amines) is 1. The van der Waals surface area contributed by atoms with E-state index in [1.165, 1.54) is 11.1 Å². The summed E-state index contributed by atoms with van der Waals surface area (Å²) >= 11 is 1.71. The Balaban J connectivity index is 1.71. The molecule has 0 radical (unpaired) electrons. The topological polar surface area (TPSA) is 20.3 Å². The third-order valence-electron chi connectivity index (χ3n) is 3.84. The Hall–Kier alpha value is -1.45. The highest BCUT2D eigenvalue weighted by molar-refractivity contribution is 7.08. The molecular weight excluding hydrogens is 254 g/mol. The maximum Gasteiger partial charge on any atom is 0.125 e. The summed E-state index contributed by atoms with van der Waals surface area (Å²) < 4.78 is 0. The molecule has 0 bridgehead atoms. The van der Waals surface area contributed by atoms with E-state index < -0.39 is 0 Å². The van der Waals surface area contributed by atoms with Crippen molar-refractivity contribution in [1.82, 2.24) is 4.90 Å². The van der Waals surface area contributed by atoms with Gasteiger partial charge < -0.3 is 4.79 Å². The Labute approximate surface area is 117 Å². The average Bonchev–Trinajstić information content (AvgIpc) is 3.08. The van der Waals surface area contributed by atoms with E-state index in [0.717, 1.165) is 25.9 Å². The van der Waals surface area contributed by atoms with Gasteiger partial charge in [-0.05, 0) is 28.0 Å². The highest BCUT2D eigenvalue weighted by Crippen LogP contribution is 2.33. The number of carbonyl (C=O) groups is 1. The summed E-state index contributed by atoms with van der Waals surface area (Å²) in [5, 5.41) is 4.27. The molecule has 0 amide bonds. The first-order valence-corrected chi connectivity index (χ1v) is 7.55. The Kier molecular flexibility index (Phi) is 3.76. The number of hydrogen-bond acceptors (Lipinski definition) is 3. The molecule has 98 valence electrons. The minimum absolute atomic E-state index is 0.137. The molecule has 1 saturated heterocycles. The van der Waals surface area contributed by atoms with Crippen LogP contribution in [0.4, 0.5) is 0 Å². The first kappa shape index (κ1) is 12.6. The fraction of sp³-hybridized carbons (Fsp3) is 0.312. The first-order valence-electron chi connectivity index (χ1n) is 6.60. The van der Waals surface area contributed by atoms with Gasteiger partial charge in [0.1, 0.15) is 6.29 Å². The van der Waals surface area contributed by atoms with Crippen LogP contribution in [0, 0.1) is 5.92 Å². The molecule has 3 heteroatoms. The molecular formula is C16H17NOS. The number of carbonyl (C=O) groups excluding carboxylic acids is 1. The molecule has 1 aliphatic heterocycles. The first-order chi connectivity index (χ1) is 9.36. The monoisotopic (exact) mass is 271 g/mol. The van der Waals surface area contributed by atoms with E-state index in [0.29, 0.717) is 5.92 Å². The molecule has 0 unspecified atom stereocenters. The fourth-order valence-electron chi connectivity index (χ4n) is 2.86. The molecule has 2 heterocycles. The van der Waals surface area contributed by atoms with Crippen molar-refractivity contribution in [2.45, 2.75) is 12.5 Å². The number of hydrogen-bond donors (Lipinski definition) is 0. The summed E-state index contributed by atoms with van der Waals surface area (Å²) in [5.74, 6) is 0.505. The van der Waals surface area contributed by atoms with Crippen molar-refractivity contribution in [2.75, 3.05) is 13.1 Å². The molecule has 0 aliphatic carbocycles. The normalized spacial score (nSPS) is 23.6. The second kappa shape index (κ2) is 5.68. The molecule has 0 spiro atoms. The predicted octanol–water partition coefficient (Wildman–Crippen LogP) is 3.16. The van der Waals surface area contributed by atoms with E-state index in [1.54, 1.807) is 11.3 Å². The van der Waals surface area contributed by atoms with Crippen molar-refractivity contribution in [3.63, 3.8) is 0 Å². The Bertz CT molecular complexity index is 523. The van der Waals surface area contributed by atoms with E-state index >= 15 is 0 Å². The van der Waals surface area contributed by atoms with Crippen molar-refractivity contribution in [3.05, 3.63) is 58.3 Å².